The number of aryl methyl sites for hydroxylation is 2. The number of hydrogen-bond donors (Lipinski definition) is 1. The fraction of sp³-hybridized carbons (Fsp3) is 0.474. The molecule has 0 aliphatic heterocycles. The van der Waals surface area contributed by atoms with Crippen molar-refractivity contribution in [1.82, 2.24) is 9.36 Å². The van der Waals surface area contributed by atoms with Crippen LogP contribution in [0.1, 0.15) is 37.8 Å². The third-order valence-corrected chi connectivity index (χ3v) is 4.25. The van der Waals surface area contributed by atoms with Crippen LogP contribution in [-0.2, 0) is 18.3 Å². The lowest BCUT2D eigenvalue weighted by molar-refractivity contribution is 0.100. The summed E-state index contributed by atoms with van der Waals surface area (Å²) in [6.07, 6.45) is 0.896. The predicted octanol–water partition coefficient (Wildman–Crippen LogP) is 3.51. The highest BCUT2D eigenvalue weighted by Crippen LogP contribution is 2.34. The van der Waals surface area contributed by atoms with Gasteiger partial charge in [0, 0.05) is 13.6 Å². The summed E-state index contributed by atoms with van der Waals surface area (Å²) in [5.41, 5.74) is 2.16. The molecule has 1 N–H and O–H groups in total. The summed E-state index contributed by atoms with van der Waals surface area (Å²) in [5.74, 6) is 0.264. The molecule has 0 radical (unpaired) electrons. The first kappa shape index (κ1) is 19.6. The Morgan fingerprint density at radius 1 is 1.15 bits per heavy atom. The van der Waals surface area contributed by atoms with Gasteiger partial charge >= 0.3 is 6.16 Å². The lowest BCUT2D eigenvalue weighted by Gasteiger charge is -2.12. The maximum atomic E-state index is 13.1. The molecule has 0 fully saturated rings. The average Bonchev–Trinajstić information content (AvgIpc) is 2.77. The van der Waals surface area contributed by atoms with E-state index in [0.717, 1.165) is 24.0 Å². The third kappa shape index (κ3) is 3.76. The zero-order valence-corrected chi connectivity index (χ0v) is 16.0. The van der Waals surface area contributed by atoms with Crippen molar-refractivity contribution >= 4 is 6.16 Å². The van der Waals surface area contributed by atoms with E-state index < -0.39 is 6.16 Å². The highest BCUT2D eigenvalue weighted by atomic mass is 16.7. The minimum Gasteiger partial charge on any atom is -0.508 e. The molecule has 0 amide bonds. The second-order valence-corrected chi connectivity index (χ2v) is 6.23. The van der Waals surface area contributed by atoms with Crippen LogP contribution in [0.15, 0.2) is 16.9 Å². The number of carbonyl (C=O) groups is 1. The maximum absolute atomic E-state index is 13.1. The number of phenols is 1. The summed E-state index contributed by atoms with van der Waals surface area (Å²) in [5, 5.41) is 9.80. The summed E-state index contributed by atoms with van der Waals surface area (Å²) in [6.45, 7) is 8.02. The van der Waals surface area contributed by atoms with Gasteiger partial charge in [0.2, 0.25) is 5.88 Å². The number of rotatable bonds is 6. The molecule has 0 saturated heterocycles. The van der Waals surface area contributed by atoms with E-state index in [1.54, 1.807) is 49.3 Å². The minimum absolute atomic E-state index is 0.124. The van der Waals surface area contributed by atoms with Crippen LogP contribution < -0.4 is 10.3 Å². The monoisotopic (exact) mass is 362 g/mol. The standard InChI is InChI=1S/C19H26N2O5/c1-6-8-9-21-17(23)16(15-12(3)10-14(22)11-13(15)4)18(20(21)5)26-19(24)25-7-2/h10-11,22H,6-9H2,1-5H3. The molecule has 1 aromatic heterocycles. The minimum atomic E-state index is -0.855. The predicted molar refractivity (Wildman–Crippen MR) is 98.8 cm³/mol. The third-order valence-electron chi connectivity index (χ3n) is 4.25. The summed E-state index contributed by atoms with van der Waals surface area (Å²) in [7, 11) is 1.68. The van der Waals surface area contributed by atoms with Gasteiger partial charge in [-0.2, -0.15) is 0 Å². The molecule has 0 aliphatic rings. The Morgan fingerprint density at radius 3 is 2.31 bits per heavy atom. The Morgan fingerprint density at radius 2 is 1.77 bits per heavy atom. The number of phenolic OH excluding ortho intramolecular Hbond substituents is 1. The quantitative estimate of drug-likeness (QED) is 0.795. The maximum Gasteiger partial charge on any atom is 0.515 e. The molecule has 142 valence electrons. The molecule has 2 rings (SSSR count). The highest BCUT2D eigenvalue weighted by Gasteiger charge is 2.26. The van der Waals surface area contributed by atoms with Crippen molar-refractivity contribution < 1.29 is 19.4 Å². The van der Waals surface area contributed by atoms with Gasteiger partial charge in [0.1, 0.15) is 11.3 Å². The number of nitrogens with zero attached hydrogens (tertiary/aromatic N) is 2. The Bertz CT molecular complexity index is 841. The Labute approximate surface area is 152 Å². The van der Waals surface area contributed by atoms with Gasteiger partial charge in [-0.15, -0.1) is 0 Å². The molecule has 0 bridgehead atoms. The molecular weight excluding hydrogens is 336 g/mol. The zero-order valence-electron chi connectivity index (χ0n) is 16.0. The van der Waals surface area contributed by atoms with Gasteiger partial charge in [-0.1, -0.05) is 13.3 Å². The summed E-state index contributed by atoms with van der Waals surface area (Å²) in [4.78, 5) is 25.0. The normalized spacial score (nSPS) is 10.8. The van der Waals surface area contributed by atoms with Gasteiger partial charge < -0.3 is 14.6 Å². The van der Waals surface area contributed by atoms with E-state index in [2.05, 4.69) is 0 Å². The van der Waals surface area contributed by atoms with Gasteiger partial charge in [-0.05, 0) is 56.0 Å². The van der Waals surface area contributed by atoms with E-state index in [1.807, 2.05) is 6.92 Å². The fourth-order valence-corrected chi connectivity index (χ4v) is 3.08. The number of hydrogen-bond acceptors (Lipinski definition) is 5. The number of unbranched alkanes of at least 4 members (excludes halogenated alkanes) is 1. The van der Waals surface area contributed by atoms with Crippen molar-refractivity contribution in [3.63, 3.8) is 0 Å². The fourth-order valence-electron chi connectivity index (χ4n) is 3.08. The number of benzene rings is 1. The molecule has 7 heteroatoms. The molecule has 26 heavy (non-hydrogen) atoms. The Balaban J connectivity index is 2.70. The van der Waals surface area contributed by atoms with E-state index in [0.29, 0.717) is 17.7 Å². The Hall–Kier alpha value is -2.70. The van der Waals surface area contributed by atoms with Crippen molar-refractivity contribution in [2.24, 2.45) is 7.05 Å². The van der Waals surface area contributed by atoms with Crippen LogP contribution in [-0.4, -0.2) is 27.2 Å². The zero-order chi connectivity index (χ0) is 19.4. The van der Waals surface area contributed by atoms with Crippen molar-refractivity contribution in [1.29, 1.82) is 0 Å². The van der Waals surface area contributed by atoms with Crippen molar-refractivity contribution in [2.45, 2.75) is 47.1 Å². The molecule has 0 aliphatic carbocycles. The lowest BCUT2D eigenvalue weighted by Crippen LogP contribution is -2.22. The van der Waals surface area contributed by atoms with E-state index in [9.17, 15) is 14.7 Å². The largest absolute Gasteiger partial charge is 0.515 e. The second-order valence-electron chi connectivity index (χ2n) is 6.23. The Kier molecular flexibility index (Phi) is 6.13. The second kappa shape index (κ2) is 8.12. The van der Waals surface area contributed by atoms with Crippen LogP contribution in [0.3, 0.4) is 0 Å². The van der Waals surface area contributed by atoms with E-state index in [4.69, 9.17) is 9.47 Å². The molecule has 1 aromatic carbocycles. The van der Waals surface area contributed by atoms with Crippen molar-refractivity contribution in [3.05, 3.63) is 33.6 Å². The number of ether oxygens (including phenoxy) is 2. The summed E-state index contributed by atoms with van der Waals surface area (Å²) >= 11 is 0. The average molecular weight is 362 g/mol. The first-order valence-electron chi connectivity index (χ1n) is 8.76. The van der Waals surface area contributed by atoms with Crippen LogP contribution in [0, 0.1) is 13.8 Å². The SMILES string of the molecule is CCCCn1c(=O)c(-c2c(C)cc(O)cc2C)c(OC(=O)OCC)n1C. The van der Waals surface area contributed by atoms with E-state index in [1.165, 1.54) is 0 Å². The van der Waals surface area contributed by atoms with Gasteiger partial charge in [-0.3, -0.25) is 9.48 Å². The molecule has 0 spiro atoms. The van der Waals surface area contributed by atoms with Gasteiger partial charge in [0.25, 0.3) is 5.56 Å². The van der Waals surface area contributed by atoms with Crippen molar-refractivity contribution in [3.8, 4) is 22.8 Å². The molecule has 0 unspecified atom stereocenters. The number of aromatic nitrogens is 2. The summed E-state index contributed by atoms with van der Waals surface area (Å²) in [6, 6.07) is 3.17. The van der Waals surface area contributed by atoms with Crippen LogP contribution in [0.2, 0.25) is 0 Å². The van der Waals surface area contributed by atoms with Crippen LogP contribution in [0.5, 0.6) is 11.6 Å². The number of aromatic hydroxyl groups is 1. The van der Waals surface area contributed by atoms with Gasteiger partial charge in [0.15, 0.2) is 0 Å². The van der Waals surface area contributed by atoms with Crippen LogP contribution in [0.25, 0.3) is 11.1 Å². The van der Waals surface area contributed by atoms with Gasteiger partial charge in [0.05, 0.1) is 6.61 Å². The smallest absolute Gasteiger partial charge is 0.508 e. The first-order valence-corrected chi connectivity index (χ1v) is 8.76. The van der Waals surface area contributed by atoms with Crippen molar-refractivity contribution in [2.75, 3.05) is 6.61 Å². The van der Waals surface area contributed by atoms with Gasteiger partial charge in [-0.25, -0.2) is 9.48 Å². The molecule has 0 saturated carbocycles. The molecule has 1 heterocycles. The number of carbonyl (C=O) groups excluding carboxylic acids is 1. The molecule has 0 atom stereocenters. The molecular formula is C19H26N2O5. The van der Waals surface area contributed by atoms with E-state index >= 15 is 0 Å². The molecule has 2 aromatic rings. The highest BCUT2D eigenvalue weighted by molar-refractivity contribution is 5.77. The molecule has 7 nitrogen and oxygen atoms in total. The summed E-state index contributed by atoms with van der Waals surface area (Å²) < 4.78 is 13.4. The van der Waals surface area contributed by atoms with E-state index in [-0.39, 0.29) is 23.8 Å². The lowest BCUT2D eigenvalue weighted by atomic mass is 9.97. The first-order chi connectivity index (χ1) is 12.3. The van der Waals surface area contributed by atoms with Crippen LogP contribution in [0.4, 0.5) is 4.79 Å². The van der Waals surface area contributed by atoms with Crippen LogP contribution >= 0.6 is 0 Å². The topological polar surface area (TPSA) is 82.7 Å².